The number of phenols is 1. The maximum absolute atomic E-state index is 9.68. The first-order chi connectivity index (χ1) is 7.77. The Morgan fingerprint density at radius 2 is 1.53 bits per heavy atom. The number of benzene rings is 2. The van der Waals surface area contributed by atoms with Gasteiger partial charge in [-0.1, -0.05) is 30.3 Å². The molecular formula is C14H13CoNO. The standard InChI is InChI=1S/C14H13NO.Co/c1-11(13-9-5-6-10-14(13)16)15-12-7-3-2-4-8-12;/h2-10,16H,1H3;. The molecule has 17 heavy (non-hydrogen) atoms. The van der Waals surface area contributed by atoms with E-state index in [4.69, 9.17) is 0 Å². The maximum atomic E-state index is 9.68. The predicted octanol–water partition coefficient (Wildman–Crippen LogP) is 3.53. The molecule has 0 atom stereocenters. The fourth-order valence-electron chi connectivity index (χ4n) is 1.54. The number of para-hydroxylation sites is 2. The second-order valence-corrected chi connectivity index (χ2v) is 3.55. The zero-order chi connectivity index (χ0) is 11.4. The largest absolute Gasteiger partial charge is 0.507 e. The van der Waals surface area contributed by atoms with E-state index in [-0.39, 0.29) is 22.5 Å². The summed E-state index contributed by atoms with van der Waals surface area (Å²) >= 11 is 0. The minimum atomic E-state index is 0. The number of hydrogen-bond acceptors (Lipinski definition) is 2. The normalized spacial score (nSPS) is 10.8. The summed E-state index contributed by atoms with van der Waals surface area (Å²) in [7, 11) is 0. The molecule has 0 unspecified atom stereocenters. The van der Waals surface area contributed by atoms with Gasteiger partial charge in [0.25, 0.3) is 0 Å². The summed E-state index contributed by atoms with van der Waals surface area (Å²) in [6.45, 7) is 1.89. The molecule has 0 aliphatic heterocycles. The van der Waals surface area contributed by atoms with Gasteiger partial charge in [-0.3, -0.25) is 4.99 Å². The first-order valence-corrected chi connectivity index (χ1v) is 5.16. The number of phenolic OH excluding ortho intramolecular Hbond substituents is 1. The van der Waals surface area contributed by atoms with Gasteiger partial charge in [0.05, 0.1) is 5.69 Å². The quantitative estimate of drug-likeness (QED) is 0.832. The van der Waals surface area contributed by atoms with Gasteiger partial charge in [0, 0.05) is 28.1 Å². The minimum Gasteiger partial charge on any atom is -0.507 e. The summed E-state index contributed by atoms with van der Waals surface area (Å²) in [5.74, 6) is 0.264. The zero-order valence-corrected chi connectivity index (χ0v) is 10.5. The van der Waals surface area contributed by atoms with E-state index in [0.717, 1.165) is 17.0 Å². The van der Waals surface area contributed by atoms with Gasteiger partial charge in [0.1, 0.15) is 5.75 Å². The van der Waals surface area contributed by atoms with Crippen LogP contribution in [-0.4, -0.2) is 10.8 Å². The summed E-state index contributed by atoms with van der Waals surface area (Å²) < 4.78 is 0. The third-order valence-corrected chi connectivity index (χ3v) is 2.35. The predicted molar refractivity (Wildman–Crippen MR) is 66.4 cm³/mol. The van der Waals surface area contributed by atoms with E-state index in [0.29, 0.717) is 0 Å². The van der Waals surface area contributed by atoms with Crippen LogP contribution in [0.2, 0.25) is 0 Å². The van der Waals surface area contributed by atoms with Crippen molar-refractivity contribution in [2.45, 2.75) is 6.92 Å². The molecule has 0 bridgehead atoms. The maximum Gasteiger partial charge on any atom is 0.124 e. The van der Waals surface area contributed by atoms with Crippen molar-refractivity contribution < 1.29 is 21.9 Å². The Morgan fingerprint density at radius 3 is 2.18 bits per heavy atom. The van der Waals surface area contributed by atoms with Crippen molar-refractivity contribution in [2.75, 3.05) is 0 Å². The molecule has 2 nitrogen and oxygen atoms in total. The molecule has 1 N–H and O–H groups in total. The van der Waals surface area contributed by atoms with Crippen molar-refractivity contribution >= 4 is 11.4 Å². The first-order valence-electron chi connectivity index (χ1n) is 5.16. The molecule has 2 aromatic carbocycles. The number of hydrogen-bond donors (Lipinski definition) is 1. The summed E-state index contributed by atoms with van der Waals surface area (Å²) in [6.07, 6.45) is 0. The molecule has 0 heterocycles. The van der Waals surface area contributed by atoms with E-state index in [9.17, 15) is 5.11 Å². The molecule has 89 valence electrons. The molecule has 3 heteroatoms. The van der Waals surface area contributed by atoms with Gasteiger partial charge in [-0.25, -0.2) is 0 Å². The summed E-state index contributed by atoms with van der Waals surface area (Å²) in [6, 6.07) is 16.9. The van der Waals surface area contributed by atoms with Gasteiger partial charge in [-0.05, 0) is 31.2 Å². The Morgan fingerprint density at radius 1 is 0.941 bits per heavy atom. The van der Waals surface area contributed by atoms with E-state index < -0.39 is 0 Å². The van der Waals surface area contributed by atoms with E-state index in [2.05, 4.69) is 4.99 Å². The summed E-state index contributed by atoms with van der Waals surface area (Å²) in [5.41, 5.74) is 2.47. The van der Waals surface area contributed by atoms with Gasteiger partial charge < -0.3 is 5.11 Å². The fraction of sp³-hybridized carbons (Fsp3) is 0.0714. The minimum absolute atomic E-state index is 0. The molecule has 1 radical (unpaired) electrons. The number of rotatable bonds is 2. The van der Waals surface area contributed by atoms with Crippen LogP contribution in [0.4, 0.5) is 5.69 Å². The average Bonchev–Trinajstić information content (AvgIpc) is 2.31. The molecular weight excluding hydrogens is 257 g/mol. The van der Waals surface area contributed by atoms with Crippen LogP contribution < -0.4 is 0 Å². The smallest absolute Gasteiger partial charge is 0.124 e. The Hall–Kier alpha value is -1.58. The van der Waals surface area contributed by atoms with Crippen molar-refractivity contribution in [1.82, 2.24) is 0 Å². The molecule has 0 saturated heterocycles. The Labute approximate surface area is 111 Å². The molecule has 0 aliphatic carbocycles. The third-order valence-electron chi connectivity index (χ3n) is 2.35. The topological polar surface area (TPSA) is 32.6 Å². The molecule has 2 rings (SSSR count). The average molecular weight is 270 g/mol. The Balaban J connectivity index is 0.00000144. The van der Waals surface area contributed by atoms with Crippen LogP contribution >= 0.6 is 0 Å². The van der Waals surface area contributed by atoms with E-state index in [1.54, 1.807) is 12.1 Å². The van der Waals surface area contributed by atoms with Gasteiger partial charge in [-0.15, -0.1) is 0 Å². The van der Waals surface area contributed by atoms with Gasteiger partial charge >= 0.3 is 0 Å². The number of aromatic hydroxyl groups is 1. The molecule has 0 spiro atoms. The van der Waals surface area contributed by atoms with Crippen molar-refractivity contribution in [3.8, 4) is 5.75 Å². The molecule has 0 fully saturated rings. The van der Waals surface area contributed by atoms with Crippen LogP contribution in [0.25, 0.3) is 0 Å². The van der Waals surface area contributed by atoms with Crippen molar-refractivity contribution in [2.24, 2.45) is 4.99 Å². The van der Waals surface area contributed by atoms with Crippen molar-refractivity contribution in [3.05, 3.63) is 60.2 Å². The van der Waals surface area contributed by atoms with E-state index in [1.165, 1.54) is 0 Å². The van der Waals surface area contributed by atoms with Crippen LogP contribution in [0, 0.1) is 0 Å². The van der Waals surface area contributed by atoms with Gasteiger partial charge in [-0.2, -0.15) is 0 Å². The van der Waals surface area contributed by atoms with Crippen LogP contribution in [0.3, 0.4) is 0 Å². The first kappa shape index (κ1) is 13.5. The van der Waals surface area contributed by atoms with Crippen LogP contribution in [0.5, 0.6) is 5.75 Å². The van der Waals surface area contributed by atoms with Crippen molar-refractivity contribution in [3.63, 3.8) is 0 Å². The molecule has 0 amide bonds. The van der Waals surface area contributed by atoms with Crippen LogP contribution in [-0.2, 0) is 16.8 Å². The van der Waals surface area contributed by atoms with Gasteiger partial charge in [0.15, 0.2) is 0 Å². The van der Waals surface area contributed by atoms with E-state index in [1.807, 2.05) is 49.4 Å². The van der Waals surface area contributed by atoms with Gasteiger partial charge in [0.2, 0.25) is 0 Å². The zero-order valence-electron chi connectivity index (χ0n) is 9.42. The molecule has 0 saturated carbocycles. The van der Waals surface area contributed by atoms with Crippen LogP contribution in [0.15, 0.2) is 59.6 Å². The second kappa shape index (κ2) is 6.23. The van der Waals surface area contributed by atoms with Crippen molar-refractivity contribution in [1.29, 1.82) is 0 Å². The SMILES string of the molecule is CC(=Nc1ccccc1)c1ccccc1O.[Co]. The third kappa shape index (κ3) is 3.44. The molecule has 2 aromatic rings. The molecule has 0 aromatic heterocycles. The summed E-state index contributed by atoms with van der Waals surface area (Å²) in [4.78, 5) is 4.45. The number of nitrogens with zero attached hydrogens (tertiary/aromatic N) is 1. The number of aliphatic imine (C=N–C) groups is 1. The fourth-order valence-corrected chi connectivity index (χ4v) is 1.54. The van der Waals surface area contributed by atoms with E-state index >= 15 is 0 Å². The molecule has 0 aliphatic rings. The van der Waals surface area contributed by atoms with Crippen LogP contribution in [0.1, 0.15) is 12.5 Å². The Bertz CT molecular complexity index is 509. The monoisotopic (exact) mass is 270 g/mol. The Kier molecular flexibility index (Phi) is 4.94. The second-order valence-electron chi connectivity index (χ2n) is 3.55. The summed E-state index contributed by atoms with van der Waals surface area (Å²) in [5, 5.41) is 9.68.